The Morgan fingerprint density at radius 1 is 1.56 bits per heavy atom. The molecule has 18 heavy (non-hydrogen) atoms. The smallest absolute Gasteiger partial charge is 0.259 e. The highest BCUT2D eigenvalue weighted by atomic mass is 32.2. The van der Waals surface area contributed by atoms with Crippen LogP contribution >= 0.6 is 11.8 Å². The Morgan fingerprint density at radius 2 is 2.39 bits per heavy atom. The number of H-pyrrole nitrogens is 1. The summed E-state index contributed by atoms with van der Waals surface area (Å²) in [4.78, 5) is 16.2. The number of nitrogens with zero attached hydrogens (tertiary/aromatic N) is 2. The lowest BCUT2D eigenvalue weighted by Gasteiger charge is -2.05. The highest BCUT2D eigenvalue weighted by molar-refractivity contribution is 7.98. The predicted octanol–water partition coefficient (Wildman–Crippen LogP) is 2.34. The zero-order valence-corrected chi connectivity index (χ0v) is 11.0. The van der Waals surface area contributed by atoms with E-state index in [1.807, 2.05) is 19.2 Å². The van der Waals surface area contributed by atoms with Crippen molar-refractivity contribution in [2.24, 2.45) is 0 Å². The molecule has 0 saturated carbocycles. The van der Waals surface area contributed by atoms with Crippen molar-refractivity contribution < 1.29 is 4.79 Å². The highest BCUT2D eigenvalue weighted by Gasteiger charge is 2.12. The average Bonchev–Trinajstić information content (AvgIpc) is 2.86. The van der Waals surface area contributed by atoms with E-state index >= 15 is 0 Å². The van der Waals surface area contributed by atoms with Crippen molar-refractivity contribution in [1.82, 2.24) is 15.2 Å². The summed E-state index contributed by atoms with van der Waals surface area (Å²) in [5, 5.41) is 10.3. The monoisotopic (exact) mass is 262 g/mol. The van der Waals surface area contributed by atoms with E-state index in [2.05, 4.69) is 20.5 Å². The molecule has 1 amide bonds. The fourth-order valence-corrected chi connectivity index (χ4v) is 2.06. The van der Waals surface area contributed by atoms with Crippen LogP contribution in [0.25, 0.3) is 0 Å². The van der Waals surface area contributed by atoms with Gasteiger partial charge in [0.1, 0.15) is 5.03 Å². The van der Waals surface area contributed by atoms with Crippen molar-refractivity contribution in [2.45, 2.75) is 18.4 Å². The molecule has 0 saturated heterocycles. The van der Waals surface area contributed by atoms with Gasteiger partial charge in [0.15, 0.2) is 5.82 Å². The molecule has 0 aliphatic carbocycles. The first-order chi connectivity index (χ1) is 8.74. The van der Waals surface area contributed by atoms with Crippen LogP contribution < -0.4 is 5.32 Å². The van der Waals surface area contributed by atoms with Crippen LogP contribution in [0.1, 0.15) is 23.0 Å². The number of aryl methyl sites for hydroxylation is 1. The third kappa shape index (κ3) is 2.70. The second kappa shape index (κ2) is 5.68. The van der Waals surface area contributed by atoms with Gasteiger partial charge in [-0.05, 0) is 24.8 Å². The molecule has 5 nitrogen and oxygen atoms in total. The SMILES string of the molecule is CCc1cc(NC(=O)c2cccnc2SC)n[nH]1. The van der Waals surface area contributed by atoms with Gasteiger partial charge in [-0.1, -0.05) is 6.92 Å². The van der Waals surface area contributed by atoms with Gasteiger partial charge in [-0.15, -0.1) is 11.8 Å². The number of amides is 1. The zero-order chi connectivity index (χ0) is 13.0. The molecule has 0 unspecified atom stereocenters. The average molecular weight is 262 g/mol. The Bertz CT molecular complexity index is 553. The molecule has 0 aliphatic heterocycles. The van der Waals surface area contributed by atoms with Gasteiger partial charge in [0.2, 0.25) is 0 Å². The topological polar surface area (TPSA) is 70.7 Å². The van der Waals surface area contributed by atoms with E-state index in [4.69, 9.17) is 0 Å². The van der Waals surface area contributed by atoms with Crippen LogP contribution in [0.5, 0.6) is 0 Å². The molecule has 2 aromatic heterocycles. The highest BCUT2D eigenvalue weighted by Crippen LogP contribution is 2.18. The summed E-state index contributed by atoms with van der Waals surface area (Å²) in [6, 6.07) is 5.32. The van der Waals surface area contributed by atoms with Crippen molar-refractivity contribution in [3.05, 3.63) is 35.7 Å². The first kappa shape index (κ1) is 12.6. The maximum atomic E-state index is 12.1. The molecule has 2 N–H and O–H groups in total. The molecule has 0 aromatic carbocycles. The lowest BCUT2D eigenvalue weighted by Crippen LogP contribution is -2.13. The van der Waals surface area contributed by atoms with E-state index in [9.17, 15) is 4.79 Å². The van der Waals surface area contributed by atoms with Gasteiger partial charge in [0.25, 0.3) is 5.91 Å². The number of pyridine rings is 1. The Kier molecular flexibility index (Phi) is 3.99. The summed E-state index contributed by atoms with van der Waals surface area (Å²) >= 11 is 1.44. The number of carbonyl (C=O) groups is 1. The zero-order valence-electron chi connectivity index (χ0n) is 10.2. The molecule has 2 heterocycles. The summed E-state index contributed by atoms with van der Waals surface area (Å²) in [5.74, 6) is 0.342. The van der Waals surface area contributed by atoms with Crippen LogP contribution in [-0.4, -0.2) is 27.3 Å². The summed E-state index contributed by atoms with van der Waals surface area (Å²) in [5.41, 5.74) is 1.55. The van der Waals surface area contributed by atoms with Gasteiger partial charge >= 0.3 is 0 Å². The first-order valence-electron chi connectivity index (χ1n) is 5.59. The summed E-state index contributed by atoms with van der Waals surface area (Å²) in [6.45, 7) is 2.02. The minimum atomic E-state index is -0.193. The fourth-order valence-electron chi connectivity index (χ4n) is 1.52. The van der Waals surface area contributed by atoms with Gasteiger partial charge in [0.05, 0.1) is 5.56 Å². The Morgan fingerprint density at radius 3 is 3.06 bits per heavy atom. The Labute approximate surface area is 109 Å². The number of thioether (sulfide) groups is 1. The minimum absolute atomic E-state index is 0.193. The van der Waals surface area contributed by atoms with E-state index in [1.54, 1.807) is 18.3 Å². The molecule has 2 rings (SSSR count). The lowest BCUT2D eigenvalue weighted by molar-refractivity contribution is 0.102. The molecular formula is C12H14N4OS. The van der Waals surface area contributed by atoms with Crippen LogP contribution in [0.3, 0.4) is 0 Å². The van der Waals surface area contributed by atoms with Crippen LogP contribution in [0.2, 0.25) is 0 Å². The van der Waals surface area contributed by atoms with Crippen molar-refractivity contribution in [3.63, 3.8) is 0 Å². The van der Waals surface area contributed by atoms with Gasteiger partial charge in [-0.25, -0.2) is 4.98 Å². The standard InChI is InChI=1S/C12H14N4OS/c1-3-8-7-10(16-15-8)14-11(17)9-5-4-6-13-12(9)18-2/h4-7H,3H2,1-2H3,(H2,14,15,16,17). The largest absolute Gasteiger partial charge is 0.305 e. The van der Waals surface area contributed by atoms with Crippen molar-refractivity contribution >= 4 is 23.5 Å². The molecule has 0 fully saturated rings. The second-order valence-electron chi connectivity index (χ2n) is 3.65. The van der Waals surface area contributed by atoms with Crippen LogP contribution in [0.15, 0.2) is 29.4 Å². The normalized spacial score (nSPS) is 10.3. The Balaban J connectivity index is 2.16. The molecular weight excluding hydrogens is 248 g/mol. The number of hydrogen-bond acceptors (Lipinski definition) is 4. The first-order valence-corrected chi connectivity index (χ1v) is 6.81. The molecule has 2 aromatic rings. The number of nitrogens with one attached hydrogen (secondary N) is 2. The number of hydrogen-bond donors (Lipinski definition) is 2. The van der Waals surface area contributed by atoms with Crippen molar-refractivity contribution in [1.29, 1.82) is 0 Å². The van der Waals surface area contributed by atoms with Crippen LogP contribution in [0, 0.1) is 0 Å². The van der Waals surface area contributed by atoms with Gasteiger partial charge in [-0.3, -0.25) is 9.89 Å². The lowest BCUT2D eigenvalue weighted by atomic mass is 10.2. The van der Waals surface area contributed by atoms with E-state index in [1.165, 1.54) is 11.8 Å². The summed E-state index contributed by atoms with van der Waals surface area (Å²) in [7, 11) is 0. The molecule has 0 aliphatic rings. The van der Waals surface area contributed by atoms with Gasteiger partial charge < -0.3 is 5.32 Å². The Hall–Kier alpha value is -1.82. The van der Waals surface area contributed by atoms with Crippen molar-refractivity contribution in [2.75, 3.05) is 11.6 Å². The molecule has 0 bridgehead atoms. The molecule has 0 spiro atoms. The third-order valence-corrected chi connectivity index (χ3v) is 3.17. The fraction of sp³-hybridized carbons (Fsp3) is 0.250. The van der Waals surface area contributed by atoms with Crippen LogP contribution in [-0.2, 0) is 6.42 Å². The minimum Gasteiger partial charge on any atom is -0.305 e. The summed E-state index contributed by atoms with van der Waals surface area (Å²) < 4.78 is 0. The van der Waals surface area contributed by atoms with E-state index in [0.29, 0.717) is 16.4 Å². The maximum Gasteiger partial charge on any atom is 0.259 e. The second-order valence-corrected chi connectivity index (χ2v) is 4.44. The molecule has 6 heteroatoms. The summed E-state index contributed by atoms with van der Waals surface area (Å²) in [6.07, 6.45) is 4.42. The molecule has 0 atom stereocenters. The van der Waals surface area contributed by atoms with E-state index in [0.717, 1.165) is 12.1 Å². The van der Waals surface area contributed by atoms with E-state index < -0.39 is 0 Å². The number of carbonyl (C=O) groups excluding carboxylic acids is 1. The maximum absolute atomic E-state index is 12.1. The van der Waals surface area contributed by atoms with E-state index in [-0.39, 0.29) is 5.91 Å². The van der Waals surface area contributed by atoms with Crippen molar-refractivity contribution in [3.8, 4) is 0 Å². The van der Waals surface area contributed by atoms with Gasteiger partial charge in [-0.2, -0.15) is 5.10 Å². The quantitative estimate of drug-likeness (QED) is 0.830. The number of rotatable bonds is 4. The number of aromatic nitrogens is 3. The number of anilines is 1. The molecule has 0 radical (unpaired) electrons. The molecule has 94 valence electrons. The number of aromatic amines is 1. The third-order valence-electron chi connectivity index (χ3n) is 2.46. The van der Waals surface area contributed by atoms with Crippen LogP contribution in [0.4, 0.5) is 5.82 Å². The van der Waals surface area contributed by atoms with Gasteiger partial charge in [0, 0.05) is 18.0 Å². The predicted molar refractivity (Wildman–Crippen MR) is 71.9 cm³/mol.